The Hall–Kier alpha value is -0.630. The monoisotopic (exact) mass is 397 g/mol. The van der Waals surface area contributed by atoms with Crippen molar-refractivity contribution in [3.05, 3.63) is 27.7 Å². The van der Waals surface area contributed by atoms with Gasteiger partial charge in [0.2, 0.25) is 0 Å². The lowest BCUT2D eigenvalue weighted by atomic mass is 10.1. The molecule has 1 amide bonds. The summed E-state index contributed by atoms with van der Waals surface area (Å²) in [5, 5.41) is 0. The van der Waals surface area contributed by atoms with Crippen LogP contribution in [-0.2, 0) is 13.8 Å². The van der Waals surface area contributed by atoms with Gasteiger partial charge in [0.25, 0.3) is 15.0 Å². The van der Waals surface area contributed by atoms with Gasteiger partial charge in [-0.2, -0.15) is 0 Å². The van der Waals surface area contributed by atoms with Crippen LogP contribution in [0, 0.1) is 6.92 Å². The van der Waals surface area contributed by atoms with Crippen molar-refractivity contribution in [2.24, 2.45) is 0 Å². The molecule has 0 radical (unpaired) electrons. The Bertz CT molecular complexity index is 633. The molecule has 0 spiro atoms. The zero-order valence-electron chi connectivity index (χ0n) is 12.0. The lowest BCUT2D eigenvalue weighted by Crippen LogP contribution is -2.30. The first-order valence-electron chi connectivity index (χ1n) is 6.26. The molecule has 1 rings (SSSR count). The lowest BCUT2D eigenvalue weighted by molar-refractivity contribution is 0.0709. The first-order chi connectivity index (χ1) is 9.68. The topological polar surface area (TPSA) is 63.7 Å². The molecule has 5 nitrogen and oxygen atoms in total. The van der Waals surface area contributed by atoms with Crippen molar-refractivity contribution in [1.82, 2.24) is 4.90 Å². The second-order valence-electron chi connectivity index (χ2n) is 4.47. The van der Waals surface area contributed by atoms with Gasteiger partial charge in [-0.1, -0.05) is 0 Å². The summed E-state index contributed by atoms with van der Waals surface area (Å²) in [5.74, 6) is -0.285. The summed E-state index contributed by atoms with van der Waals surface area (Å²) in [4.78, 5) is 13.7. The molecule has 21 heavy (non-hydrogen) atoms. The Morgan fingerprint density at radius 3 is 2.57 bits per heavy atom. The van der Waals surface area contributed by atoms with E-state index in [9.17, 15) is 13.2 Å². The van der Waals surface area contributed by atoms with Crippen LogP contribution >= 0.6 is 26.6 Å². The Labute approximate surface area is 137 Å². The van der Waals surface area contributed by atoms with Crippen molar-refractivity contribution in [2.75, 3.05) is 26.8 Å². The van der Waals surface area contributed by atoms with Gasteiger partial charge >= 0.3 is 0 Å². The Morgan fingerprint density at radius 2 is 2.05 bits per heavy atom. The van der Waals surface area contributed by atoms with E-state index in [0.29, 0.717) is 29.8 Å². The SMILES string of the molecule is CCOCCN(C)C(=O)c1cc(C)c(Br)c(S(=O)(=O)Cl)c1. The Kier molecular flexibility index (Phi) is 6.65. The summed E-state index contributed by atoms with van der Waals surface area (Å²) in [7, 11) is 3.10. The minimum absolute atomic E-state index is 0.106. The molecule has 0 aliphatic carbocycles. The van der Waals surface area contributed by atoms with Crippen LogP contribution in [0.15, 0.2) is 21.5 Å². The first-order valence-corrected chi connectivity index (χ1v) is 9.36. The number of nitrogens with zero attached hydrogens (tertiary/aromatic N) is 1. The first kappa shape index (κ1) is 18.4. The van der Waals surface area contributed by atoms with Gasteiger partial charge in [-0.05, 0) is 47.5 Å². The number of amides is 1. The van der Waals surface area contributed by atoms with Crippen LogP contribution in [0.5, 0.6) is 0 Å². The fourth-order valence-corrected chi connectivity index (χ4v) is 3.86. The zero-order chi connectivity index (χ0) is 16.2. The summed E-state index contributed by atoms with van der Waals surface area (Å²) in [6.07, 6.45) is 0. The zero-order valence-corrected chi connectivity index (χ0v) is 15.2. The maximum atomic E-state index is 12.3. The number of hydrogen-bond acceptors (Lipinski definition) is 4. The van der Waals surface area contributed by atoms with Crippen LogP contribution in [0.1, 0.15) is 22.8 Å². The van der Waals surface area contributed by atoms with Gasteiger partial charge in [0.1, 0.15) is 0 Å². The third kappa shape index (κ3) is 4.95. The molecule has 0 N–H and O–H groups in total. The molecule has 0 unspecified atom stereocenters. The smallest absolute Gasteiger partial charge is 0.262 e. The van der Waals surface area contributed by atoms with Gasteiger partial charge in [0.15, 0.2) is 0 Å². The van der Waals surface area contributed by atoms with E-state index in [-0.39, 0.29) is 16.4 Å². The highest BCUT2D eigenvalue weighted by atomic mass is 79.9. The molecule has 0 heterocycles. The quantitative estimate of drug-likeness (QED) is 0.546. The lowest BCUT2D eigenvalue weighted by Gasteiger charge is -2.18. The third-order valence-electron chi connectivity index (χ3n) is 2.85. The minimum Gasteiger partial charge on any atom is -0.380 e. The molecule has 0 aliphatic heterocycles. The van der Waals surface area contributed by atoms with E-state index in [0.717, 1.165) is 0 Å². The number of likely N-dealkylation sites (N-methyl/N-ethyl adjacent to an activating group) is 1. The number of ether oxygens (including phenoxy) is 1. The number of benzene rings is 1. The highest BCUT2D eigenvalue weighted by Crippen LogP contribution is 2.30. The summed E-state index contributed by atoms with van der Waals surface area (Å²) in [6, 6.07) is 2.90. The standard InChI is InChI=1S/C13H17BrClNO4S/c1-4-20-6-5-16(3)13(17)10-7-9(2)12(14)11(8-10)21(15,18)19/h7-8H,4-6H2,1-3H3. The van der Waals surface area contributed by atoms with E-state index in [4.69, 9.17) is 15.4 Å². The van der Waals surface area contributed by atoms with Crippen LogP contribution in [0.2, 0.25) is 0 Å². The molecule has 1 aromatic carbocycles. The predicted octanol–water partition coefficient (Wildman–Crippen LogP) is 2.79. The number of carbonyl (C=O) groups excluding carboxylic acids is 1. The van der Waals surface area contributed by atoms with E-state index >= 15 is 0 Å². The van der Waals surface area contributed by atoms with Crippen LogP contribution in [-0.4, -0.2) is 46.0 Å². The highest BCUT2D eigenvalue weighted by Gasteiger charge is 2.21. The largest absolute Gasteiger partial charge is 0.380 e. The summed E-state index contributed by atoms with van der Waals surface area (Å²) in [5.41, 5.74) is 0.896. The second-order valence-corrected chi connectivity index (χ2v) is 7.79. The Morgan fingerprint density at radius 1 is 1.43 bits per heavy atom. The van der Waals surface area contributed by atoms with E-state index in [1.54, 1.807) is 20.0 Å². The maximum absolute atomic E-state index is 12.3. The van der Waals surface area contributed by atoms with Gasteiger partial charge in [-0.25, -0.2) is 8.42 Å². The predicted molar refractivity (Wildman–Crippen MR) is 85.4 cm³/mol. The van der Waals surface area contributed by atoms with Crippen molar-refractivity contribution in [2.45, 2.75) is 18.7 Å². The van der Waals surface area contributed by atoms with E-state index in [1.165, 1.54) is 11.0 Å². The van der Waals surface area contributed by atoms with Gasteiger partial charge in [0, 0.05) is 40.9 Å². The van der Waals surface area contributed by atoms with Crippen molar-refractivity contribution >= 4 is 41.6 Å². The molecule has 0 aromatic heterocycles. The molecular weight excluding hydrogens is 382 g/mol. The van der Waals surface area contributed by atoms with E-state index in [1.807, 2.05) is 6.92 Å². The highest BCUT2D eigenvalue weighted by molar-refractivity contribution is 9.10. The fourth-order valence-electron chi connectivity index (χ4n) is 1.71. The molecule has 118 valence electrons. The van der Waals surface area contributed by atoms with E-state index < -0.39 is 9.05 Å². The van der Waals surface area contributed by atoms with Gasteiger partial charge in [-0.15, -0.1) is 0 Å². The summed E-state index contributed by atoms with van der Waals surface area (Å²) >= 11 is 3.18. The summed E-state index contributed by atoms with van der Waals surface area (Å²) in [6.45, 7) is 5.00. The maximum Gasteiger partial charge on any atom is 0.262 e. The van der Waals surface area contributed by atoms with Crippen molar-refractivity contribution in [3.8, 4) is 0 Å². The number of aryl methyl sites for hydroxylation is 1. The second kappa shape index (κ2) is 7.58. The van der Waals surface area contributed by atoms with Crippen molar-refractivity contribution in [1.29, 1.82) is 0 Å². The van der Waals surface area contributed by atoms with Crippen molar-refractivity contribution < 1.29 is 17.9 Å². The normalized spacial score (nSPS) is 11.5. The van der Waals surface area contributed by atoms with Gasteiger partial charge < -0.3 is 9.64 Å². The molecule has 0 bridgehead atoms. The number of hydrogen-bond donors (Lipinski definition) is 0. The molecule has 0 atom stereocenters. The van der Waals surface area contributed by atoms with Crippen molar-refractivity contribution in [3.63, 3.8) is 0 Å². The number of carbonyl (C=O) groups is 1. The van der Waals surface area contributed by atoms with Gasteiger partial charge in [-0.3, -0.25) is 4.79 Å². The fraction of sp³-hybridized carbons (Fsp3) is 0.462. The molecule has 8 heteroatoms. The van der Waals surface area contributed by atoms with Crippen LogP contribution < -0.4 is 0 Å². The Balaban J connectivity index is 3.09. The number of rotatable bonds is 6. The molecule has 0 saturated carbocycles. The summed E-state index contributed by atoms with van der Waals surface area (Å²) < 4.78 is 28.7. The molecule has 0 aliphatic rings. The third-order valence-corrected chi connectivity index (χ3v) is 5.51. The molecular formula is C13H17BrClNO4S. The molecule has 0 saturated heterocycles. The average Bonchev–Trinajstić information content (AvgIpc) is 2.39. The minimum atomic E-state index is -3.93. The average molecular weight is 399 g/mol. The van der Waals surface area contributed by atoms with Crippen LogP contribution in [0.4, 0.5) is 0 Å². The molecule has 0 fully saturated rings. The van der Waals surface area contributed by atoms with Gasteiger partial charge in [0.05, 0.1) is 11.5 Å². The van der Waals surface area contributed by atoms with Crippen LogP contribution in [0.3, 0.4) is 0 Å². The number of halogens is 2. The van der Waals surface area contributed by atoms with E-state index in [2.05, 4.69) is 15.9 Å². The van der Waals surface area contributed by atoms with Crippen LogP contribution in [0.25, 0.3) is 0 Å². The molecule has 1 aromatic rings.